The van der Waals surface area contributed by atoms with Gasteiger partial charge in [0.25, 0.3) is 6.43 Å². The van der Waals surface area contributed by atoms with E-state index < -0.39 is 13.0 Å². The molecule has 1 fully saturated rings. The van der Waals surface area contributed by atoms with Crippen molar-refractivity contribution in [2.45, 2.75) is 32.4 Å². The fourth-order valence-electron chi connectivity index (χ4n) is 1.50. The minimum absolute atomic E-state index is 0.188. The van der Waals surface area contributed by atoms with E-state index in [0.29, 0.717) is 0 Å². The lowest BCUT2D eigenvalue weighted by Crippen LogP contribution is -2.40. The van der Waals surface area contributed by atoms with Crippen molar-refractivity contribution in [3.63, 3.8) is 0 Å². The van der Waals surface area contributed by atoms with Gasteiger partial charge in [0.1, 0.15) is 0 Å². The van der Waals surface area contributed by atoms with Crippen LogP contribution in [0.3, 0.4) is 0 Å². The Bertz CT molecular complexity index is 187. The van der Waals surface area contributed by atoms with Crippen molar-refractivity contribution < 1.29 is 13.6 Å². The molecule has 76 valence electrons. The summed E-state index contributed by atoms with van der Waals surface area (Å²) in [6.07, 6.45) is -1.02. The molecule has 0 aromatic carbocycles. The van der Waals surface area contributed by atoms with Gasteiger partial charge >= 0.3 is 0 Å². The molecule has 0 radical (unpaired) electrons. The molecular weight excluding hydrogens is 178 g/mol. The van der Waals surface area contributed by atoms with Crippen molar-refractivity contribution in [3.05, 3.63) is 0 Å². The van der Waals surface area contributed by atoms with Gasteiger partial charge in [0.05, 0.1) is 19.3 Å². The van der Waals surface area contributed by atoms with Gasteiger partial charge in [0.2, 0.25) is 5.91 Å². The molecule has 1 unspecified atom stereocenters. The smallest absolute Gasteiger partial charge is 0.255 e. The number of hydrogen-bond donors (Lipinski definition) is 1. The minimum Gasteiger partial charge on any atom is -0.320 e. The Morgan fingerprint density at radius 1 is 1.69 bits per heavy atom. The summed E-state index contributed by atoms with van der Waals surface area (Å²) < 4.78 is 24.1. The molecule has 1 heterocycles. The number of nitrogens with zero attached hydrogens (tertiary/aromatic N) is 1. The average molecular weight is 192 g/mol. The van der Waals surface area contributed by atoms with Crippen molar-refractivity contribution >= 4 is 5.91 Å². The van der Waals surface area contributed by atoms with Gasteiger partial charge in [0, 0.05) is 0 Å². The molecule has 1 aliphatic heterocycles. The fourth-order valence-corrected chi connectivity index (χ4v) is 1.50. The van der Waals surface area contributed by atoms with Crippen molar-refractivity contribution in [2.75, 3.05) is 13.1 Å². The van der Waals surface area contributed by atoms with Crippen LogP contribution >= 0.6 is 0 Å². The van der Waals surface area contributed by atoms with E-state index in [2.05, 4.69) is 5.32 Å². The summed E-state index contributed by atoms with van der Waals surface area (Å²) in [6.45, 7) is 1.71. The van der Waals surface area contributed by atoms with Gasteiger partial charge in [-0.25, -0.2) is 8.78 Å². The van der Waals surface area contributed by atoms with Gasteiger partial charge in [-0.2, -0.15) is 0 Å². The lowest BCUT2D eigenvalue weighted by Gasteiger charge is -2.23. The van der Waals surface area contributed by atoms with Gasteiger partial charge in [0.15, 0.2) is 0 Å². The second-order valence-corrected chi connectivity index (χ2v) is 3.12. The Morgan fingerprint density at radius 3 is 2.92 bits per heavy atom. The highest BCUT2D eigenvalue weighted by atomic mass is 19.3. The van der Waals surface area contributed by atoms with Gasteiger partial charge in [-0.1, -0.05) is 13.3 Å². The zero-order valence-corrected chi connectivity index (χ0v) is 7.59. The molecule has 1 rings (SSSR count). The highest BCUT2D eigenvalue weighted by Crippen LogP contribution is 2.12. The molecule has 1 saturated heterocycles. The third-order valence-corrected chi connectivity index (χ3v) is 2.08. The molecule has 1 aliphatic rings. The molecule has 0 saturated carbocycles. The standard InChI is InChI=1S/C8H14F2N2O/c1-2-3-7-11-4-8(13)12(7)5-6(9)10/h6-7,11H,2-5H2,1H3. The summed E-state index contributed by atoms with van der Waals surface area (Å²) in [4.78, 5) is 12.4. The van der Waals surface area contributed by atoms with Crippen LogP contribution in [-0.2, 0) is 4.79 Å². The fraction of sp³-hybridized carbons (Fsp3) is 0.875. The lowest BCUT2D eigenvalue weighted by molar-refractivity contribution is -0.129. The van der Waals surface area contributed by atoms with E-state index in [1.54, 1.807) is 0 Å². The number of amides is 1. The Hall–Kier alpha value is -0.710. The Kier molecular flexibility index (Phi) is 3.59. The quantitative estimate of drug-likeness (QED) is 0.714. The average Bonchev–Trinajstić information content (AvgIpc) is 2.36. The number of rotatable bonds is 4. The van der Waals surface area contributed by atoms with Crippen LogP contribution in [0.5, 0.6) is 0 Å². The van der Waals surface area contributed by atoms with Crippen molar-refractivity contribution in [1.29, 1.82) is 0 Å². The topological polar surface area (TPSA) is 32.3 Å². The predicted octanol–water partition coefficient (Wildman–Crippen LogP) is 0.809. The Labute approximate surface area is 76.1 Å². The third kappa shape index (κ3) is 2.62. The zero-order chi connectivity index (χ0) is 9.84. The maximum absolute atomic E-state index is 12.1. The van der Waals surface area contributed by atoms with E-state index in [9.17, 15) is 13.6 Å². The van der Waals surface area contributed by atoms with E-state index >= 15 is 0 Å². The number of alkyl halides is 2. The highest BCUT2D eigenvalue weighted by molar-refractivity contribution is 5.80. The summed E-state index contributed by atoms with van der Waals surface area (Å²) in [5, 5.41) is 2.91. The molecule has 0 aromatic rings. The molecule has 0 aromatic heterocycles. The van der Waals surface area contributed by atoms with E-state index in [-0.39, 0.29) is 18.6 Å². The number of nitrogens with one attached hydrogen (secondary N) is 1. The first-order chi connectivity index (χ1) is 6.15. The first-order valence-corrected chi connectivity index (χ1v) is 4.46. The van der Waals surface area contributed by atoms with E-state index in [0.717, 1.165) is 12.8 Å². The van der Waals surface area contributed by atoms with Gasteiger partial charge in [-0.05, 0) is 6.42 Å². The predicted molar refractivity (Wildman–Crippen MR) is 44.4 cm³/mol. The third-order valence-electron chi connectivity index (χ3n) is 2.08. The second-order valence-electron chi connectivity index (χ2n) is 3.12. The van der Waals surface area contributed by atoms with E-state index in [1.165, 1.54) is 4.90 Å². The van der Waals surface area contributed by atoms with Gasteiger partial charge in [-0.15, -0.1) is 0 Å². The molecule has 0 aliphatic carbocycles. The number of carbonyl (C=O) groups excluding carboxylic acids is 1. The molecule has 1 amide bonds. The normalized spacial score (nSPS) is 23.2. The van der Waals surface area contributed by atoms with Crippen LogP contribution in [-0.4, -0.2) is 36.5 Å². The molecule has 5 heteroatoms. The van der Waals surface area contributed by atoms with Crippen LogP contribution in [0.15, 0.2) is 0 Å². The molecule has 1 N–H and O–H groups in total. The largest absolute Gasteiger partial charge is 0.320 e. The van der Waals surface area contributed by atoms with Crippen LogP contribution in [0, 0.1) is 0 Å². The van der Waals surface area contributed by atoms with Crippen molar-refractivity contribution in [2.24, 2.45) is 0 Å². The van der Waals surface area contributed by atoms with Gasteiger partial charge < -0.3 is 4.90 Å². The summed E-state index contributed by atoms with van der Waals surface area (Å²) in [5.74, 6) is -0.223. The molecule has 13 heavy (non-hydrogen) atoms. The maximum atomic E-state index is 12.1. The summed E-state index contributed by atoms with van der Waals surface area (Å²) in [6, 6.07) is 0. The summed E-state index contributed by atoms with van der Waals surface area (Å²) in [5.41, 5.74) is 0. The Balaban J connectivity index is 2.49. The van der Waals surface area contributed by atoms with Crippen LogP contribution in [0.2, 0.25) is 0 Å². The first-order valence-electron chi connectivity index (χ1n) is 4.46. The van der Waals surface area contributed by atoms with Crippen LogP contribution < -0.4 is 5.32 Å². The van der Waals surface area contributed by atoms with Crippen molar-refractivity contribution in [3.8, 4) is 0 Å². The lowest BCUT2D eigenvalue weighted by atomic mass is 10.2. The van der Waals surface area contributed by atoms with E-state index in [1.807, 2.05) is 6.92 Å². The Morgan fingerprint density at radius 2 is 2.38 bits per heavy atom. The zero-order valence-electron chi connectivity index (χ0n) is 7.59. The minimum atomic E-state index is -2.44. The molecule has 0 spiro atoms. The number of hydrogen-bond acceptors (Lipinski definition) is 2. The molecular formula is C8H14F2N2O. The van der Waals surface area contributed by atoms with Crippen LogP contribution in [0.4, 0.5) is 8.78 Å². The van der Waals surface area contributed by atoms with E-state index in [4.69, 9.17) is 0 Å². The summed E-state index contributed by atoms with van der Waals surface area (Å²) in [7, 11) is 0. The van der Waals surface area contributed by atoms with Crippen LogP contribution in [0.25, 0.3) is 0 Å². The SMILES string of the molecule is CCCC1NCC(=O)N1CC(F)F. The number of halogens is 2. The first kappa shape index (κ1) is 10.4. The van der Waals surface area contributed by atoms with Gasteiger partial charge in [-0.3, -0.25) is 10.1 Å². The maximum Gasteiger partial charge on any atom is 0.255 e. The van der Waals surface area contributed by atoms with Crippen molar-refractivity contribution in [1.82, 2.24) is 10.2 Å². The highest BCUT2D eigenvalue weighted by Gasteiger charge is 2.31. The molecule has 3 nitrogen and oxygen atoms in total. The van der Waals surface area contributed by atoms with Crippen LogP contribution in [0.1, 0.15) is 19.8 Å². The summed E-state index contributed by atoms with van der Waals surface area (Å²) >= 11 is 0. The number of carbonyl (C=O) groups is 1. The second kappa shape index (κ2) is 4.50. The molecule has 0 bridgehead atoms. The monoisotopic (exact) mass is 192 g/mol. The molecule has 1 atom stereocenters.